The third kappa shape index (κ3) is 3.06. The predicted molar refractivity (Wildman–Crippen MR) is 85.9 cm³/mol. The Bertz CT molecular complexity index is 639. The van der Waals surface area contributed by atoms with Gasteiger partial charge in [-0.15, -0.1) is 0 Å². The van der Waals surface area contributed by atoms with Gasteiger partial charge < -0.3 is 10.4 Å². The zero-order valence-electron chi connectivity index (χ0n) is 13.4. The van der Waals surface area contributed by atoms with Gasteiger partial charge in [0.2, 0.25) is 0 Å². The summed E-state index contributed by atoms with van der Waals surface area (Å²) in [4.78, 5) is 8.58. The van der Waals surface area contributed by atoms with Gasteiger partial charge in [0, 0.05) is 17.8 Å². The van der Waals surface area contributed by atoms with E-state index >= 15 is 0 Å². The minimum atomic E-state index is -0.0966. The van der Waals surface area contributed by atoms with Crippen molar-refractivity contribution in [2.75, 3.05) is 11.9 Å². The number of aliphatic hydroxyl groups excluding tert-OH is 1. The first kappa shape index (κ1) is 15.2. The zero-order valence-corrected chi connectivity index (χ0v) is 13.4. The molecule has 6 heteroatoms. The molecule has 0 bridgehead atoms. The van der Waals surface area contributed by atoms with Crippen LogP contribution in [0, 0.1) is 19.8 Å². The molecule has 0 amide bonds. The van der Waals surface area contributed by atoms with Gasteiger partial charge in [0.15, 0.2) is 0 Å². The average molecular weight is 303 g/mol. The Morgan fingerprint density at radius 1 is 1.32 bits per heavy atom. The normalized spacial score (nSPS) is 22.1. The van der Waals surface area contributed by atoms with Crippen molar-refractivity contribution >= 4 is 11.6 Å². The predicted octanol–water partition coefficient (Wildman–Crippen LogP) is 2.48. The fraction of sp³-hybridized carbons (Fsp3) is 0.688. The van der Waals surface area contributed by atoms with Gasteiger partial charge in [0.1, 0.15) is 12.1 Å². The van der Waals surface area contributed by atoms with Crippen LogP contribution < -0.4 is 5.32 Å². The molecule has 2 unspecified atom stereocenters. The van der Waals surface area contributed by atoms with E-state index in [2.05, 4.69) is 27.3 Å². The smallest absolute Gasteiger partial charge is 0.254 e. The number of hydrogen-bond donors (Lipinski definition) is 2. The lowest BCUT2D eigenvalue weighted by Crippen LogP contribution is -2.25. The van der Waals surface area contributed by atoms with Crippen LogP contribution in [0.3, 0.4) is 0 Å². The lowest BCUT2D eigenvalue weighted by molar-refractivity contribution is 0.0648. The molecule has 2 aromatic heterocycles. The molecule has 0 saturated heterocycles. The molecule has 0 radical (unpaired) electrons. The maximum Gasteiger partial charge on any atom is 0.254 e. The van der Waals surface area contributed by atoms with Gasteiger partial charge in [0.05, 0.1) is 6.10 Å². The Morgan fingerprint density at radius 3 is 2.95 bits per heavy atom. The lowest BCUT2D eigenvalue weighted by Gasteiger charge is -2.27. The summed E-state index contributed by atoms with van der Waals surface area (Å²) in [6.07, 6.45) is 8.15. The second-order valence-electron chi connectivity index (χ2n) is 6.32. The van der Waals surface area contributed by atoms with Gasteiger partial charge >= 0.3 is 0 Å². The summed E-state index contributed by atoms with van der Waals surface area (Å²) in [6, 6.07) is 0. The molecule has 2 aromatic rings. The Kier molecular flexibility index (Phi) is 4.57. The topological polar surface area (TPSA) is 75.3 Å². The number of fused-ring (bicyclic) bond motifs is 1. The van der Waals surface area contributed by atoms with Crippen LogP contribution in [-0.2, 0) is 0 Å². The van der Waals surface area contributed by atoms with Crippen molar-refractivity contribution in [1.29, 1.82) is 0 Å². The van der Waals surface area contributed by atoms with Crippen molar-refractivity contribution in [3.63, 3.8) is 0 Å². The standard InChI is InChI=1S/C16H25N5O/c1-11-12(2)20-16-18-10-19-21(16)15(11)17-9-5-7-13-6-3-4-8-14(13)22/h10,13-14,17,22H,3-9H2,1-2H3. The number of rotatable bonds is 5. The molecule has 3 rings (SSSR count). The SMILES string of the molecule is Cc1nc2ncnn2c(NCCCC2CCCCC2O)c1C. The molecule has 2 N–H and O–H groups in total. The minimum Gasteiger partial charge on any atom is -0.393 e. The number of aliphatic hydroxyl groups is 1. The molecule has 120 valence electrons. The van der Waals surface area contributed by atoms with Crippen LogP contribution in [0.5, 0.6) is 0 Å². The summed E-state index contributed by atoms with van der Waals surface area (Å²) < 4.78 is 1.76. The number of aromatic nitrogens is 4. The molecule has 0 aromatic carbocycles. The monoisotopic (exact) mass is 303 g/mol. The van der Waals surface area contributed by atoms with Crippen LogP contribution >= 0.6 is 0 Å². The van der Waals surface area contributed by atoms with Crippen LogP contribution in [0.4, 0.5) is 5.82 Å². The molecule has 0 spiro atoms. The molecule has 1 fully saturated rings. The fourth-order valence-electron chi connectivity index (χ4n) is 3.34. The van der Waals surface area contributed by atoms with Crippen LogP contribution in [0.1, 0.15) is 49.8 Å². The lowest BCUT2D eigenvalue weighted by atomic mass is 9.83. The first-order valence-electron chi connectivity index (χ1n) is 8.25. The molecule has 1 aliphatic carbocycles. The summed E-state index contributed by atoms with van der Waals surface area (Å²) in [6.45, 7) is 4.92. The van der Waals surface area contributed by atoms with Crippen molar-refractivity contribution < 1.29 is 5.11 Å². The van der Waals surface area contributed by atoms with E-state index in [0.717, 1.165) is 42.9 Å². The second-order valence-corrected chi connectivity index (χ2v) is 6.32. The number of anilines is 1. The van der Waals surface area contributed by atoms with Crippen LogP contribution in [-0.4, -0.2) is 37.3 Å². The van der Waals surface area contributed by atoms with Crippen molar-refractivity contribution in [2.24, 2.45) is 5.92 Å². The third-order valence-electron chi connectivity index (χ3n) is 4.82. The first-order chi connectivity index (χ1) is 10.7. The molecular formula is C16H25N5O. The Labute approximate surface area is 131 Å². The van der Waals surface area contributed by atoms with Crippen LogP contribution in [0.25, 0.3) is 5.78 Å². The second kappa shape index (κ2) is 6.60. The Hall–Kier alpha value is -1.69. The largest absolute Gasteiger partial charge is 0.393 e. The third-order valence-corrected chi connectivity index (χ3v) is 4.82. The molecular weight excluding hydrogens is 278 g/mol. The summed E-state index contributed by atoms with van der Waals surface area (Å²) in [5, 5.41) is 17.7. The van der Waals surface area contributed by atoms with E-state index in [1.54, 1.807) is 4.52 Å². The number of hydrogen-bond acceptors (Lipinski definition) is 5. The highest BCUT2D eigenvalue weighted by Crippen LogP contribution is 2.28. The molecule has 22 heavy (non-hydrogen) atoms. The van der Waals surface area contributed by atoms with Gasteiger partial charge in [-0.05, 0) is 45.4 Å². The van der Waals surface area contributed by atoms with E-state index in [9.17, 15) is 5.11 Å². The van der Waals surface area contributed by atoms with Crippen molar-refractivity contribution in [3.05, 3.63) is 17.6 Å². The quantitative estimate of drug-likeness (QED) is 0.830. The van der Waals surface area contributed by atoms with E-state index in [1.807, 2.05) is 6.92 Å². The van der Waals surface area contributed by atoms with E-state index in [1.165, 1.54) is 25.6 Å². The van der Waals surface area contributed by atoms with Gasteiger partial charge in [-0.3, -0.25) is 0 Å². The molecule has 2 atom stereocenters. The molecule has 1 saturated carbocycles. The van der Waals surface area contributed by atoms with E-state index in [-0.39, 0.29) is 6.10 Å². The van der Waals surface area contributed by atoms with Crippen molar-refractivity contribution in [1.82, 2.24) is 19.6 Å². The number of aryl methyl sites for hydroxylation is 1. The molecule has 2 heterocycles. The zero-order chi connectivity index (χ0) is 15.5. The van der Waals surface area contributed by atoms with Crippen LogP contribution in [0.15, 0.2) is 6.33 Å². The van der Waals surface area contributed by atoms with E-state index in [0.29, 0.717) is 11.7 Å². The van der Waals surface area contributed by atoms with Gasteiger partial charge in [-0.25, -0.2) is 4.98 Å². The first-order valence-corrected chi connectivity index (χ1v) is 8.25. The van der Waals surface area contributed by atoms with E-state index in [4.69, 9.17) is 0 Å². The molecule has 6 nitrogen and oxygen atoms in total. The fourth-order valence-corrected chi connectivity index (χ4v) is 3.34. The number of nitrogens with one attached hydrogen (secondary N) is 1. The van der Waals surface area contributed by atoms with E-state index < -0.39 is 0 Å². The summed E-state index contributed by atoms with van der Waals surface area (Å²) in [5.41, 5.74) is 2.08. The number of nitrogens with zero attached hydrogens (tertiary/aromatic N) is 4. The minimum absolute atomic E-state index is 0.0966. The summed E-state index contributed by atoms with van der Waals surface area (Å²) in [5.74, 6) is 2.08. The Morgan fingerprint density at radius 2 is 2.14 bits per heavy atom. The molecule has 0 aliphatic heterocycles. The highest BCUT2D eigenvalue weighted by molar-refractivity contribution is 5.51. The van der Waals surface area contributed by atoms with Crippen molar-refractivity contribution in [3.8, 4) is 0 Å². The highest BCUT2D eigenvalue weighted by atomic mass is 16.3. The van der Waals surface area contributed by atoms with Crippen LogP contribution in [0.2, 0.25) is 0 Å². The van der Waals surface area contributed by atoms with Crippen molar-refractivity contribution in [2.45, 2.75) is 58.5 Å². The Balaban J connectivity index is 1.60. The van der Waals surface area contributed by atoms with Gasteiger partial charge in [0.25, 0.3) is 5.78 Å². The maximum atomic E-state index is 10.0. The maximum absolute atomic E-state index is 10.0. The molecule has 1 aliphatic rings. The van der Waals surface area contributed by atoms with Gasteiger partial charge in [-0.2, -0.15) is 14.6 Å². The van der Waals surface area contributed by atoms with Gasteiger partial charge in [-0.1, -0.05) is 12.8 Å². The summed E-state index contributed by atoms with van der Waals surface area (Å²) >= 11 is 0. The summed E-state index contributed by atoms with van der Waals surface area (Å²) in [7, 11) is 0. The highest BCUT2D eigenvalue weighted by Gasteiger charge is 2.22. The average Bonchev–Trinajstić information content (AvgIpc) is 2.96.